The average Bonchev–Trinajstić information content (AvgIpc) is 2.78. The van der Waals surface area contributed by atoms with E-state index in [4.69, 9.17) is 5.26 Å². The highest BCUT2D eigenvalue weighted by Crippen LogP contribution is 2.18. The fraction of sp³-hybridized carbons (Fsp3) is 0.111. The Morgan fingerprint density at radius 2 is 2.12 bits per heavy atom. The van der Waals surface area contributed by atoms with Gasteiger partial charge in [0.05, 0.1) is 11.0 Å². The van der Waals surface area contributed by atoms with Crippen LogP contribution in [0.2, 0.25) is 0 Å². The Balaban J connectivity index is 2.27. The van der Waals surface area contributed by atoms with Gasteiger partial charge in [0.15, 0.2) is 0 Å². The van der Waals surface area contributed by atoms with E-state index in [9.17, 15) is 10.1 Å². The number of nitrogens with zero attached hydrogens (tertiary/aromatic N) is 6. The molecule has 0 spiro atoms. The van der Waals surface area contributed by atoms with Gasteiger partial charge in [0.1, 0.15) is 6.54 Å². The second-order valence-electron chi connectivity index (χ2n) is 3.11. The minimum atomic E-state index is -0.482. The molecule has 0 fully saturated rings. The van der Waals surface area contributed by atoms with Crippen molar-refractivity contribution >= 4 is 5.69 Å². The Hall–Kier alpha value is -2.82. The number of hydrogen-bond acceptors (Lipinski definition) is 6. The maximum atomic E-state index is 10.5. The summed E-state index contributed by atoms with van der Waals surface area (Å²) in [5.41, 5.74) is 0.609. The van der Waals surface area contributed by atoms with Crippen LogP contribution in [0, 0.1) is 21.4 Å². The van der Waals surface area contributed by atoms with E-state index in [1.54, 1.807) is 0 Å². The zero-order chi connectivity index (χ0) is 12.3. The molecule has 1 aromatic carbocycles. The van der Waals surface area contributed by atoms with Crippen LogP contribution in [0.3, 0.4) is 0 Å². The minimum absolute atomic E-state index is 0.00170. The smallest absolute Gasteiger partial charge is 0.258 e. The summed E-state index contributed by atoms with van der Waals surface area (Å²) >= 11 is 0. The molecular formula is C9H6N6O2. The van der Waals surface area contributed by atoms with E-state index >= 15 is 0 Å². The molecule has 0 N–H and O–H groups in total. The van der Waals surface area contributed by atoms with Gasteiger partial charge in [-0.3, -0.25) is 10.1 Å². The maximum Gasteiger partial charge on any atom is 0.269 e. The summed E-state index contributed by atoms with van der Waals surface area (Å²) in [5.74, 6) is 0.329. The van der Waals surface area contributed by atoms with Gasteiger partial charge in [-0.25, -0.2) is 0 Å². The maximum absolute atomic E-state index is 10.5. The van der Waals surface area contributed by atoms with Crippen LogP contribution >= 0.6 is 0 Å². The summed E-state index contributed by atoms with van der Waals surface area (Å²) in [6, 6.07) is 7.67. The van der Waals surface area contributed by atoms with Gasteiger partial charge in [-0.05, 0) is 17.3 Å². The standard InChI is InChI=1S/C9H6N6O2/c10-5-6-14-12-9(11-13-14)7-1-3-8(4-2-7)15(16)17/h1-4H,6H2. The van der Waals surface area contributed by atoms with E-state index in [1.165, 1.54) is 24.3 Å². The van der Waals surface area contributed by atoms with Crippen molar-refractivity contribution in [2.75, 3.05) is 0 Å². The number of rotatable bonds is 3. The highest BCUT2D eigenvalue weighted by molar-refractivity contribution is 5.56. The molecule has 0 unspecified atom stereocenters. The predicted octanol–water partition coefficient (Wildman–Crippen LogP) is 0.772. The van der Waals surface area contributed by atoms with Crippen molar-refractivity contribution in [3.05, 3.63) is 34.4 Å². The van der Waals surface area contributed by atoms with Gasteiger partial charge in [0, 0.05) is 17.7 Å². The molecule has 0 radical (unpaired) electrons. The van der Waals surface area contributed by atoms with Crippen LogP contribution in [0.1, 0.15) is 0 Å². The lowest BCUT2D eigenvalue weighted by molar-refractivity contribution is -0.384. The van der Waals surface area contributed by atoms with E-state index < -0.39 is 4.92 Å². The molecule has 2 aromatic rings. The van der Waals surface area contributed by atoms with Crippen molar-refractivity contribution in [3.63, 3.8) is 0 Å². The van der Waals surface area contributed by atoms with Crippen LogP contribution in [0.25, 0.3) is 11.4 Å². The van der Waals surface area contributed by atoms with Crippen molar-refractivity contribution in [2.24, 2.45) is 0 Å². The van der Waals surface area contributed by atoms with Gasteiger partial charge in [0.25, 0.3) is 5.69 Å². The van der Waals surface area contributed by atoms with Crippen molar-refractivity contribution in [2.45, 2.75) is 6.54 Å². The number of nitro benzene ring substituents is 1. The van der Waals surface area contributed by atoms with Crippen LogP contribution in [0.5, 0.6) is 0 Å². The molecule has 0 saturated heterocycles. The molecule has 2 rings (SSSR count). The number of non-ortho nitro benzene ring substituents is 1. The Morgan fingerprint density at radius 3 is 2.71 bits per heavy atom. The molecule has 8 nitrogen and oxygen atoms in total. The van der Waals surface area contributed by atoms with Gasteiger partial charge in [0.2, 0.25) is 5.82 Å². The number of benzene rings is 1. The quantitative estimate of drug-likeness (QED) is 0.568. The third-order valence-corrected chi connectivity index (χ3v) is 2.00. The molecular weight excluding hydrogens is 224 g/mol. The zero-order valence-electron chi connectivity index (χ0n) is 8.52. The lowest BCUT2D eigenvalue weighted by Crippen LogP contribution is -1.99. The number of aromatic nitrogens is 4. The number of nitriles is 1. The Labute approximate surface area is 95.2 Å². The lowest BCUT2D eigenvalue weighted by atomic mass is 10.2. The van der Waals surface area contributed by atoms with Crippen LogP contribution in [-0.4, -0.2) is 25.1 Å². The molecule has 0 aliphatic heterocycles. The monoisotopic (exact) mass is 230 g/mol. The average molecular weight is 230 g/mol. The summed E-state index contributed by atoms with van der Waals surface area (Å²) in [5, 5.41) is 30.2. The highest BCUT2D eigenvalue weighted by Gasteiger charge is 2.08. The van der Waals surface area contributed by atoms with Gasteiger partial charge < -0.3 is 0 Å². The SMILES string of the molecule is N#CCn1nnc(-c2ccc([N+](=O)[O-])cc2)n1. The molecule has 0 amide bonds. The van der Waals surface area contributed by atoms with Crippen molar-refractivity contribution in [1.82, 2.24) is 20.2 Å². The number of nitro groups is 1. The van der Waals surface area contributed by atoms with Crippen LogP contribution in [0.4, 0.5) is 5.69 Å². The van der Waals surface area contributed by atoms with E-state index in [2.05, 4.69) is 15.4 Å². The summed E-state index contributed by atoms with van der Waals surface area (Å²) in [4.78, 5) is 11.1. The fourth-order valence-corrected chi connectivity index (χ4v) is 1.22. The Morgan fingerprint density at radius 1 is 1.41 bits per heavy atom. The second kappa shape index (κ2) is 4.36. The van der Waals surface area contributed by atoms with Crippen molar-refractivity contribution in [1.29, 1.82) is 5.26 Å². The first kappa shape index (κ1) is 10.7. The molecule has 8 heteroatoms. The largest absolute Gasteiger partial charge is 0.269 e. The third-order valence-electron chi connectivity index (χ3n) is 2.00. The molecule has 0 aliphatic rings. The van der Waals surface area contributed by atoms with Crippen LogP contribution in [-0.2, 0) is 6.54 Å². The second-order valence-corrected chi connectivity index (χ2v) is 3.11. The van der Waals surface area contributed by atoms with Gasteiger partial charge in [-0.15, -0.1) is 15.0 Å². The first-order chi connectivity index (χ1) is 8.20. The molecule has 1 aromatic heterocycles. The van der Waals surface area contributed by atoms with Crippen LogP contribution in [0.15, 0.2) is 24.3 Å². The molecule has 84 valence electrons. The topological polar surface area (TPSA) is 111 Å². The molecule has 17 heavy (non-hydrogen) atoms. The molecule has 0 saturated carbocycles. The van der Waals surface area contributed by atoms with Crippen molar-refractivity contribution in [3.8, 4) is 17.5 Å². The van der Waals surface area contributed by atoms with E-state index in [1.807, 2.05) is 6.07 Å². The van der Waals surface area contributed by atoms with E-state index in [0.29, 0.717) is 11.4 Å². The summed E-state index contributed by atoms with van der Waals surface area (Å²) < 4.78 is 0. The van der Waals surface area contributed by atoms with Gasteiger partial charge in [-0.1, -0.05) is 0 Å². The zero-order valence-corrected chi connectivity index (χ0v) is 8.52. The Bertz CT molecular complexity index is 582. The predicted molar refractivity (Wildman–Crippen MR) is 55.5 cm³/mol. The van der Waals surface area contributed by atoms with E-state index in [-0.39, 0.29) is 12.2 Å². The fourth-order valence-electron chi connectivity index (χ4n) is 1.22. The summed E-state index contributed by atoms with van der Waals surface area (Å²) in [6.45, 7) is 0.0139. The molecule has 1 heterocycles. The van der Waals surface area contributed by atoms with Gasteiger partial charge in [-0.2, -0.15) is 5.26 Å². The lowest BCUT2D eigenvalue weighted by Gasteiger charge is -1.93. The van der Waals surface area contributed by atoms with Crippen LogP contribution < -0.4 is 0 Å². The Kier molecular flexibility index (Phi) is 2.74. The van der Waals surface area contributed by atoms with E-state index in [0.717, 1.165) is 4.80 Å². The first-order valence-electron chi connectivity index (χ1n) is 4.60. The number of hydrogen-bond donors (Lipinski definition) is 0. The minimum Gasteiger partial charge on any atom is -0.258 e. The molecule has 0 bridgehead atoms. The van der Waals surface area contributed by atoms with Gasteiger partial charge >= 0.3 is 0 Å². The summed E-state index contributed by atoms with van der Waals surface area (Å²) in [6.07, 6.45) is 0. The normalized spacial score (nSPS) is 9.82. The third kappa shape index (κ3) is 2.23. The van der Waals surface area contributed by atoms with Crippen molar-refractivity contribution < 1.29 is 4.92 Å². The highest BCUT2D eigenvalue weighted by atomic mass is 16.6. The number of tetrazole rings is 1. The summed E-state index contributed by atoms with van der Waals surface area (Å²) in [7, 11) is 0. The molecule has 0 atom stereocenters. The first-order valence-corrected chi connectivity index (χ1v) is 4.60. The molecule has 0 aliphatic carbocycles.